The van der Waals surface area contributed by atoms with Crippen LogP contribution in [0.15, 0.2) is 15.7 Å². The van der Waals surface area contributed by atoms with Gasteiger partial charge in [0.1, 0.15) is 15.9 Å². The van der Waals surface area contributed by atoms with E-state index in [0.717, 1.165) is 45.4 Å². The van der Waals surface area contributed by atoms with Crippen molar-refractivity contribution in [2.45, 2.75) is 39.2 Å². The molecule has 10 heteroatoms. The van der Waals surface area contributed by atoms with E-state index < -0.39 is 16.8 Å². The number of anilines is 1. The molecule has 1 unspecified atom stereocenters. The number of nitrogens with zero attached hydrogens (tertiary/aromatic N) is 2. The molecular formula is C23H30ClFN4O3S. The Morgan fingerprint density at radius 2 is 2.06 bits per heavy atom. The van der Waals surface area contributed by atoms with Crippen LogP contribution in [-0.2, 0) is 0 Å². The molecular weight excluding hydrogens is 467 g/mol. The predicted molar refractivity (Wildman–Crippen MR) is 134 cm³/mol. The molecule has 0 radical (unpaired) electrons. The average Bonchev–Trinajstić information content (AvgIpc) is 3.36. The topological polar surface area (TPSA) is 79.4 Å². The number of methoxy groups -OCH3 is 1. The Bertz CT molecular complexity index is 1300. The van der Waals surface area contributed by atoms with Crippen LogP contribution in [0.1, 0.15) is 39.2 Å². The van der Waals surface area contributed by atoms with Gasteiger partial charge in [-0.2, -0.15) is 0 Å². The monoisotopic (exact) mass is 496 g/mol. The molecule has 2 aliphatic rings. The van der Waals surface area contributed by atoms with Crippen LogP contribution in [0.4, 0.5) is 10.1 Å². The number of halogens is 2. The van der Waals surface area contributed by atoms with Crippen molar-refractivity contribution in [2.24, 2.45) is 11.8 Å². The third kappa shape index (κ3) is 4.15. The van der Waals surface area contributed by atoms with Crippen molar-refractivity contribution in [2.75, 3.05) is 38.2 Å². The van der Waals surface area contributed by atoms with E-state index in [-0.39, 0.29) is 29.2 Å². The number of benzene rings is 1. The lowest BCUT2D eigenvalue weighted by Crippen LogP contribution is -2.29. The van der Waals surface area contributed by atoms with Gasteiger partial charge in [0.05, 0.1) is 18.0 Å². The first kappa shape index (κ1) is 24.0. The second-order valence-corrected chi connectivity index (χ2v) is 10.2. The van der Waals surface area contributed by atoms with Crippen LogP contribution in [0.25, 0.3) is 21.1 Å². The summed E-state index contributed by atoms with van der Waals surface area (Å²) in [6.45, 7) is 7.70. The van der Waals surface area contributed by atoms with Crippen molar-refractivity contribution in [1.82, 2.24) is 14.3 Å². The molecule has 0 bridgehead atoms. The largest absolute Gasteiger partial charge is 0.492 e. The zero-order chi connectivity index (χ0) is 22.6. The molecule has 0 amide bonds. The van der Waals surface area contributed by atoms with Crippen LogP contribution in [-0.4, -0.2) is 42.2 Å². The van der Waals surface area contributed by atoms with Crippen LogP contribution in [0, 0.1) is 17.7 Å². The summed E-state index contributed by atoms with van der Waals surface area (Å²) in [4.78, 5) is 28.1. The number of aromatic nitrogens is 2. The van der Waals surface area contributed by atoms with Crippen molar-refractivity contribution < 1.29 is 9.13 Å². The first-order valence-electron chi connectivity index (χ1n) is 11.3. The van der Waals surface area contributed by atoms with Gasteiger partial charge in [-0.05, 0) is 61.8 Å². The van der Waals surface area contributed by atoms with E-state index in [1.165, 1.54) is 24.7 Å². The molecule has 1 aliphatic carbocycles. The molecule has 2 N–H and O–H groups in total. The van der Waals surface area contributed by atoms with E-state index >= 15 is 4.39 Å². The maximum absolute atomic E-state index is 15.5. The van der Waals surface area contributed by atoms with E-state index in [4.69, 9.17) is 4.74 Å². The molecule has 33 heavy (non-hydrogen) atoms. The zero-order valence-corrected chi connectivity index (χ0v) is 20.7. The summed E-state index contributed by atoms with van der Waals surface area (Å²) in [7, 11) is 1.53. The SMILES string of the molecule is COc1c(N2CCC(CNCC(C)C)C2)c(F)cc2c(=O)c3c(=O)[nH]sc3n(C3CC3)c12.Cl. The molecule has 2 aromatic heterocycles. The van der Waals surface area contributed by atoms with E-state index in [0.29, 0.717) is 33.6 Å². The molecule has 3 heterocycles. The van der Waals surface area contributed by atoms with Crippen molar-refractivity contribution in [3.05, 3.63) is 32.5 Å². The van der Waals surface area contributed by atoms with E-state index in [9.17, 15) is 9.59 Å². The minimum Gasteiger partial charge on any atom is -0.492 e. The van der Waals surface area contributed by atoms with Gasteiger partial charge in [0.25, 0.3) is 5.56 Å². The Morgan fingerprint density at radius 3 is 2.73 bits per heavy atom. The van der Waals surface area contributed by atoms with Crippen molar-refractivity contribution in [1.29, 1.82) is 0 Å². The van der Waals surface area contributed by atoms with Gasteiger partial charge >= 0.3 is 0 Å². The molecule has 1 aromatic carbocycles. The smallest absolute Gasteiger partial charge is 0.271 e. The molecule has 1 saturated carbocycles. The summed E-state index contributed by atoms with van der Waals surface area (Å²) < 4.78 is 26.0. The molecule has 1 saturated heterocycles. The summed E-state index contributed by atoms with van der Waals surface area (Å²) in [5.74, 6) is 0.931. The third-order valence-corrected chi connectivity index (χ3v) is 7.38. The highest BCUT2D eigenvalue weighted by molar-refractivity contribution is 7.12. The third-order valence-electron chi connectivity index (χ3n) is 6.50. The predicted octanol–water partition coefficient (Wildman–Crippen LogP) is 3.88. The fourth-order valence-electron chi connectivity index (χ4n) is 4.87. The van der Waals surface area contributed by atoms with Gasteiger partial charge in [0.15, 0.2) is 11.6 Å². The molecule has 1 atom stereocenters. The second-order valence-electron chi connectivity index (χ2n) is 9.43. The number of fused-ring (bicyclic) bond motifs is 2. The number of ether oxygens (including phenoxy) is 1. The molecule has 180 valence electrons. The lowest BCUT2D eigenvalue weighted by Gasteiger charge is -2.25. The fraction of sp³-hybridized carbons (Fsp3) is 0.565. The number of rotatable bonds is 7. The lowest BCUT2D eigenvalue weighted by atomic mass is 10.1. The molecule has 2 fully saturated rings. The van der Waals surface area contributed by atoms with Gasteiger partial charge in [0, 0.05) is 19.1 Å². The molecule has 3 aromatic rings. The highest BCUT2D eigenvalue weighted by atomic mass is 35.5. The van der Waals surface area contributed by atoms with Gasteiger partial charge in [-0.25, -0.2) is 4.39 Å². The zero-order valence-electron chi connectivity index (χ0n) is 19.1. The Morgan fingerprint density at radius 1 is 1.30 bits per heavy atom. The Labute approximate surface area is 201 Å². The summed E-state index contributed by atoms with van der Waals surface area (Å²) in [5, 5.41) is 3.83. The summed E-state index contributed by atoms with van der Waals surface area (Å²) in [5.41, 5.74) is 0.171. The molecule has 0 spiro atoms. The second kappa shape index (κ2) is 9.27. The number of aromatic amines is 1. The maximum Gasteiger partial charge on any atom is 0.271 e. The Balaban J connectivity index is 0.00000259. The van der Waals surface area contributed by atoms with Gasteiger partial charge in [-0.1, -0.05) is 13.8 Å². The summed E-state index contributed by atoms with van der Waals surface area (Å²) >= 11 is 1.17. The van der Waals surface area contributed by atoms with Crippen molar-refractivity contribution in [3.8, 4) is 5.75 Å². The highest BCUT2D eigenvalue weighted by Crippen LogP contribution is 2.46. The first-order chi connectivity index (χ1) is 15.4. The molecule has 1 aliphatic heterocycles. The first-order valence-corrected chi connectivity index (χ1v) is 12.1. The number of pyridine rings is 1. The number of nitrogens with one attached hydrogen (secondary N) is 2. The van der Waals surface area contributed by atoms with Crippen LogP contribution in [0.2, 0.25) is 0 Å². The number of H-pyrrole nitrogens is 1. The van der Waals surface area contributed by atoms with Crippen LogP contribution < -0.4 is 25.9 Å². The maximum atomic E-state index is 15.5. The van der Waals surface area contributed by atoms with Crippen LogP contribution in [0.5, 0.6) is 5.75 Å². The van der Waals surface area contributed by atoms with Gasteiger partial charge < -0.3 is 19.5 Å². The van der Waals surface area contributed by atoms with Crippen LogP contribution in [0.3, 0.4) is 0 Å². The normalized spacial score (nSPS) is 18.5. The van der Waals surface area contributed by atoms with Crippen molar-refractivity contribution >= 4 is 50.7 Å². The highest BCUT2D eigenvalue weighted by Gasteiger charge is 2.34. The van der Waals surface area contributed by atoms with E-state index in [1.807, 2.05) is 9.47 Å². The van der Waals surface area contributed by atoms with Crippen molar-refractivity contribution in [3.63, 3.8) is 0 Å². The molecule has 5 rings (SSSR count). The van der Waals surface area contributed by atoms with Gasteiger partial charge in [-0.3, -0.25) is 14.0 Å². The summed E-state index contributed by atoms with van der Waals surface area (Å²) in [6.07, 6.45) is 2.89. The van der Waals surface area contributed by atoms with E-state index in [2.05, 4.69) is 23.5 Å². The molecule has 7 nitrogen and oxygen atoms in total. The average molecular weight is 497 g/mol. The number of hydrogen-bond acceptors (Lipinski definition) is 6. The van der Waals surface area contributed by atoms with E-state index in [1.54, 1.807) is 0 Å². The Kier molecular flexibility index (Phi) is 6.75. The Hall–Kier alpha value is -2.10. The number of hydrogen-bond donors (Lipinski definition) is 2. The standard InChI is InChI=1S/C23H29FN4O3S.ClH/c1-12(2)9-25-10-13-6-7-27(11-13)19-16(24)8-15-18(21(19)31-3)28(14-4-5-14)23-17(20(15)29)22(30)26-32-23;/h8,12-14,25H,4-7,9-11H2,1-3H3,(H,26,30);1H. The quantitative estimate of drug-likeness (QED) is 0.519. The summed E-state index contributed by atoms with van der Waals surface area (Å²) in [6, 6.07) is 1.49. The minimum atomic E-state index is -0.476. The lowest BCUT2D eigenvalue weighted by molar-refractivity contribution is 0.413. The van der Waals surface area contributed by atoms with Crippen LogP contribution >= 0.6 is 23.9 Å². The van der Waals surface area contributed by atoms with Gasteiger partial charge in [0.2, 0.25) is 5.43 Å². The minimum absolute atomic E-state index is 0. The fourth-order valence-corrected chi connectivity index (χ4v) is 5.78. The van der Waals surface area contributed by atoms with Gasteiger partial charge in [-0.15, -0.1) is 12.4 Å².